The third-order valence-electron chi connectivity index (χ3n) is 2.08. The Hall–Kier alpha value is -0.770. The average Bonchev–Trinajstić information content (AvgIpc) is 2.67. The van der Waals surface area contributed by atoms with Crippen LogP contribution in [-0.4, -0.2) is 19.2 Å². The second kappa shape index (κ2) is 2.62. The molecule has 1 saturated carbocycles. The molecule has 0 saturated heterocycles. The summed E-state index contributed by atoms with van der Waals surface area (Å²) in [5.74, 6) is 0.745. The van der Waals surface area contributed by atoms with Crippen molar-refractivity contribution in [1.82, 2.24) is 4.98 Å². The minimum Gasteiger partial charge on any atom is -0.366 e. The number of H-pyrrole nitrogens is 1. The van der Waals surface area contributed by atoms with Crippen molar-refractivity contribution in [2.45, 2.75) is 17.7 Å². The zero-order valence-electron chi connectivity index (χ0n) is 6.66. The SMILES string of the molecule is O=S(=O)(CC1CC1)c1cc[nH]c1. The molecule has 0 spiro atoms. The lowest BCUT2D eigenvalue weighted by atomic mass is 10.5. The number of hydrogen-bond acceptors (Lipinski definition) is 2. The number of sulfone groups is 1. The van der Waals surface area contributed by atoms with E-state index in [2.05, 4.69) is 4.98 Å². The Morgan fingerprint density at radius 1 is 1.50 bits per heavy atom. The molecule has 0 aromatic carbocycles. The predicted octanol–water partition coefficient (Wildman–Crippen LogP) is 1.20. The molecule has 0 bridgehead atoms. The van der Waals surface area contributed by atoms with Crippen molar-refractivity contribution in [1.29, 1.82) is 0 Å². The molecule has 1 aromatic heterocycles. The van der Waals surface area contributed by atoms with Gasteiger partial charge < -0.3 is 4.98 Å². The van der Waals surface area contributed by atoms with E-state index in [1.54, 1.807) is 12.3 Å². The zero-order chi connectivity index (χ0) is 8.60. The maximum Gasteiger partial charge on any atom is 0.180 e. The van der Waals surface area contributed by atoms with E-state index < -0.39 is 9.84 Å². The maximum absolute atomic E-state index is 11.5. The molecule has 1 fully saturated rings. The summed E-state index contributed by atoms with van der Waals surface area (Å²) < 4.78 is 23.0. The van der Waals surface area contributed by atoms with E-state index in [-0.39, 0.29) is 0 Å². The molecule has 0 radical (unpaired) electrons. The fraction of sp³-hybridized carbons (Fsp3) is 0.500. The third kappa shape index (κ3) is 1.53. The second-order valence-electron chi connectivity index (χ2n) is 3.27. The molecule has 4 heteroatoms. The van der Waals surface area contributed by atoms with E-state index in [9.17, 15) is 8.42 Å². The van der Waals surface area contributed by atoms with Crippen LogP contribution in [-0.2, 0) is 9.84 Å². The van der Waals surface area contributed by atoms with Gasteiger partial charge in [-0.15, -0.1) is 0 Å². The molecule has 0 unspecified atom stereocenters. The Kier molecular flexibility index (Phi) is 1.72. The molecular weight excluding hydrogens is 174 g/mol. The molecule has 1 N–H and O–H groups in total. The van der Waals surface area contributed by atoms with Crippen LogP contribution in [0.15, 0.2) is 23.4 Å². The fourth-order valence-electron chi connectivity index (χ4n) is 1.19. The highest BCUT2D eigenvalue weighted by Crippen LogP contribution is 2.32. The van der Waals surface area contributed by atoms with Crippen LogP contribution in [0.25, 0.3) is 0 Å². The molecule has 1 aliphatic carbocycles. The van der Waals surface area contributed by atoms with Crippen molar-refractivity contribution in [3.8, 4) is 0 Å². The first-order valence-electron chi connectivity index (χ1n) is 4.04. The number of aromatic nitrogens is 1. The van der Waals surface area contributed by atoms with Gasteiger partial charge in [0, 0.05) is 12.4 Å². The summed E-state index contributed by atoms with van der Waals surface area (Å²) in [4.78, 5) is 3.18. The highest BCUT2D eigenvalue weighted by molar-refractivity contribution is 7.91. The van der Waals surface area contributed by atoms with Crippen LogP contribution >= 0.6 is 0 Å². The summed E-state index contributed by atoms with van der Waals surface area (Å²) in [6.07, 6.45) is 5.32. The summed E-state index contributed by atoms with van der Waals surface area (Å²) in [7, 11) is -2.98. The molecule has 1 aromatic rings. The Balaban J connectivity index is 2.20. The smallest absolute Gasteiger partial charge is 0.180 e. The molecule has 66 valence electrons. The van der Waals surface area contributed by atoms with Crippen molar-refractivity contribution in [2.75, 3.05) is 5.75 Å². The van der Waals surface area contributed by atoms with Crippen LogP contribution in [0.3, 0.4) is 0 Å². The second-order valence-corrected chi connectivity index (χ2v) is 5.31. The normalized spacial score (nSPS) is 18.0. The van der Waals surface area contributed by atoms with Gasteiger partial charge in [-0.05, 0) is 24.8 Å². The monoisotopic (exact) mass is 185 g/mol. The minimum atomic E-state index is -2.98. The Morgan fingerprint density at radius 2 is 2.25 bits per heavy atom. The van der Waals surface area contributed by atoms with Gasteiger partial charge in [0.15, 0.2) is 9.84 Å². The fourth-order valence-corrected chi connectivity index (χ4v) is 2.86. The van der Waals surface area contributed by atoms with E-state index in [1.807, 2.05) is 0 Å². The van der Waals surface area contributed by atoms with E-state index in [0.29, 0.717) is 16.6 Å². The molecule has 12 heavy (non-hydrogen) atoms. The molecule has 1 heterocycles. The first kappa shape index (κ1) is 7.86. The summed E-state index contributed by atoms with van der Waals surface area (Å²) in [6.45, 7) is 0. The van der Waals surface area contributed by atoms with E-state index >= 15 is 0 Å². The molecule has 3 nitrogen and oxygen atoms in total. The van der Waals surface area contributed by atoms with Crippen LogP contribution in [0.4, 0.5) is 0 Å². The summed E-state index contributed by atoms with van der Waals surface area (Å²) in [6, 6.07) is 1.61. The van der Waals surface area contributed by atoms with Crippen molar-refractivity contribution in [3.05, 3.63) is 18.5 Å². The molecule has 0 atom stereocenters. The number of aromatic amines is 1. The first-order chi connectivity index (χ1) is 5.68. The van der Waals surface area contributed by atoms with Gasteiger partial charge in [0.2, 0.25) is 0 Å². The van der Waals surface area contributed by atoms with Gasteiger partial charge in [0.05, 0.1) is 10.6 Å². The Labute approximate surface area is 71.7 Å². The Bertz CT molecular complexity index is 348. The van der Waals surface area contributed by atoms with Gasteiger partial charge in [-0.2, -0.15) is 0 Å². The molecular formula is C8H11NO2S. The van der Waals surface area contributed by atoms with Crippen LogP contribution < -0.4 is 0 Å². The minimum absolute atomic E-state index is 0.324. The standard InChI is InChI=1S/C8H11NO2S/c10-12(11,6-7-1-2-7)8-3-4-9-5-8/h3-5,7,9H,1-2,6H2. The lowest BCUT2D eigenvalue weighted by molar-refractivity contribution is 0.592. The van der Waals surface area contributed by atoms with Crippen LogP contribution in [0.2, 0.25) is 0 Å². The zero-order valence-corrected chi connectivity index (χ0v) is 7.47. The van der Waals surface area contributed by atoms with Gasteiger partial charge in [-0.1, -0.05) is 0 Å². The van der Waals surface area contributed by atoms with E-state index in [0.717, 1.165) is 12.8 Å². The first-order valence-corrected chi connectivity index (χ1v) is 5.69. The highest BCUT2D eigenvalue weighted by Gasteiger charge is 2.28. The molecule has 2 rings (SSSR count). The summed E-state index contributed by atoms with van der Waals surface area (Å²) >= 11 is 0. The van der Waals surface area contributed by atoms with Crippen molar-refractivity contribution in [2.24, 2.45) is 5.92 Å². The van der Waals surface area contributed by atoms with Crippen LogP contribution in [0.1, 0.15) is 12.8 Å². The largest absolute Gasteiger partial charge is 0.366 e. The third-order valence-corrected chi connectivity index (χ3v) is 3.96. The molecule has 1 aliphatic rings. The van der Waals surface area contributed by atoms with Crippen LogP contribution in [0, 0.1) is 5.92 Å². The van der Waals surface area contributed by atoms with Gasteiger partial charge in [0.1, 0.15) is 0 Å². The molecule has 0 amide bonds. The quantitative estimate of drug-likeness (QED) is 0.769. The topological polar surface area (TPSA) is 49.9 Å². The number of nitrogens with one attached hydrogen (secondary N) is 1. The number of rotatable bonds is 3. The maximum atomic E-state index is 11.5. The van der Waals surface area contributed by atoms with Crippen molar-refractivity contribution >= 4 is 9.84 Å². The Morgan fingerprint density at radius 3 is 2.75 bits per heavy atom. The lowest BCUT2D eigenvalue weighted by Crippen LogP contribution is -2.06. The molecule has 0 aliphatic heterocycles. The van der Waals surface area contributed by atoms with Crippen LogP contribution in [0.5, 0.6) is 0 Å². The predicted molar refractivity (Wildman–Crippen MR) is 45.6 cm³/mol. The van der Waals surface area contributed by atoms with Gasteiger partial charge in [-0.3, -0.25) is 0 Å². The van der Waals surface area contributed by atoms with E-state index in [1.165, 1.54) is 6.20 Å². The van der Waals surface area contributed by atoms with Crippen molar-refractivity contribution < 1.29 is 8.42 Å². The average molecular weight is 185 g/mol. The highest BCUT2D eigenvalue weighted by atomic mass is 32.2. The van der Waals surface area contributed by atoms with Gasteiger partial charge in [-0.25, -0.2) is 8.42 Å². The summed E-state index contributed by atoms with van der Waals surface area (Å²) in [5, 5.41) is 0. The summed E-state index contributed by atoms with van der Waals surface area (Å²) in [5.41, 5.74) is 0. The van der Waals surface area contributed by atoms with Gasteiger partial charge >= 0.3 is 0 Å². The van der Waals surface area contributed by atoms with Gasteiger partial charge in [0.25, 0.3) is 0 Å². The van der Waals surface area contributed by atoms with E-state index in [4.69, 9.17) is 0 Å². The van der Waals surface area contributed by atoms with Crippen molar-refractivity contribution in [3.63, 3.8) is 0 Å². The number of hydrogen-bond donors (Lipinski definition) is 1. The lowest BCUT2D eigenvalue weighted by Gasteiger charge is -1.97.